The van der Waals surface area contributed by atoms with Gasteiger partial charge in [0.2, 0.25) is 0 Å². The third kappa shape index (κ3) is 2.90. The molecule has 120 valence electrons. The molecule has 1 N–H and O–H groups in total. The van der Waals surface area contributed by atoms with Crippen LogP contribution in [0.4, 0.5) is 0 Å². The zero-order chi connectivity index (χ0) is 16.4. The number of rotatable bonds is 3. The second-order valence-electron chi connectivity index (χ2n) is 5.51. The Morgan fingerprint density at radius 1 is 1.21 bits per heavy atom. The van der Waals surface area contributed by atoms with E-state index in [2.05, 4.69) is 33.0 Å². The maximum atomic E-state index is 12.7. The molecule has 1 aliphatic rings. The minimum absolute atomic E-state index is 0.0478. The standard InChI is InChI=1S/C17H15N5OS/c23-17(12-4-3-5-13(10-12)22-11-18-20-21-22)19-15-8-9-24-16-7-2-1-6-14(15)16/h1-7,10-11,15H,8-9H2,(H,19,23)/t15-/m0/s1. The van der Waals surface area contributed by atoms with Gasteiger partial charge in [-0.2, -0.15) is 0 Å². The average molecular weight is 337 g/mol. The number of amides is 1. The first kappa shape index (κ1) is 14.9. The van der Waals surface area contributed by atoms with Crippen LogP contribution < -0.4 is 5.32 Å². The van der Waals surface area contributed by atoms with Crippen molar-refractivity contribution in [2.45, 2.75) is 17.4 Å². The van der Waals surface area contributed by atoms with Crippen LogP contribution in [0.15, 0.2) is 59.8 Å². The molecule has 0 bridgehead atoms. The normalized spacial score (nSPS) is 16.4. The van der Waals surface area contributed by atoms with Crippen molar-refractivity contribution in [3.8, 4) is 5.69 Å². The largest absolute Gasteiger partial charge is 0.345 e. The monoisotopic (exact) mass is 337 g/mol. The fourth-order valence-corrected chi connectivity index (χ4v) is 3.93. The summed E-state index contributed by atoms with van der Waals surface area (Å²) in [4.78, 5) is 13.9. The van der Waals surface area contributed by atoms with Crippen LogP contribution in [0.3, 0.4) is 0 Å². The van der Waals surface area contributed by atoms with Crippen molar-refractivity contribution in [3.05, 3.63) is 66.0 Å². The molecule has 1 aromatic heterocycles. The summed E-state index contributed by atoms with van der Waals surface area (Å²) >= 11 is 1.84. The number of hydrogen-bond acceptors (Lipinski definition) is 5. The smallest absolute Gasteiger partial charge is 0.251 e. The molecule has 4 rings (SSSR count). The van der Waals surface area contributed by atoms with Crippen molar-refractivity contribution < 1.29 is 4.79 Å². The lowest BCUT2D eigenvalue weighted by Crippen LogP contribution is -2.30. The van der Waals surface area contributed by atoms with Gasteiger partial charge in [-0.1, -0.05) is 24.3 Å². The Balaban J connectivity index is 1.56. The fourth-order valence-electron chi connectivity index (χ4n) is 2.80. The second kappa shape index (κ2) is 6.45. The lowest BCUT2D eigenvalue weighted by atomic mass is 10.0. The van der Waals surface area contributed by atoms with Gasteiger partial charge in [0, 0.05) is 16.2 Å². The minimum atomic E-state index is -0.0865. The highest BCUT2D eigenvalue weighted by Gasteiger charge is 2.22. The molecule has 0 saturated heterocycles. The van der Waals surface area contributed by atoms with E-state index in [0.717, 1.165) is 17.9 Å². The van der Waals surface area contributed by atoms with Crippen LogP contribution in [0.25, 0.3) is 5.69 Å². The zero-order valence-corrected chi connectivity index (χ0v) is 13.6. The van der Waals surface area contributed by atoms with E-state index in [0.29, 0.717) is 5.56 Å². The first-order valence-electron chi connectivity index (χ1n) is 7.67. The molecule has 2 aromatic carbocycles. The van der Waals surface area contributed by atoms with E-state index >= 15 is 0 Å². The molecule has 0 saturated carbocycles. The molecule has 0 radical (unpaired) electrons. The van der Waals surface area contributed by atoms with Crippen molar-refractivity contribution in [2.24, 2.45) is 0 Å². The molecule has 6 nitrogen and oxygen atoms in total. The first-order valence-corrected chi connectivity index (χ1v) is 8.66. The molecule has 1 atom stereocenters. The van der Waals surface area contributed by atoms with Gasteiger partial charge in [0.25, 0.3) is 5.91 Å². The molecule has 2 heterocycles. The summed E-state index contributed by atoms with van der Waals surface area (Å²) in [5.74, 6) is 0.920. The minimum Gasteiger partial charge on any atom is -0.345 e. The summed E-state index contributed by atoms with van der Waals surface area (Å²) in [6, 6.07) is 15.6. The van der Waals surface area contributed by atoms with Gasteiger partial charge in [-0.3, -0.25) is 4.79 Å². The highest BCUT2D eigenvalue weighted by Crippen LogP contribution is 2.35. The molecular weight excluding hydrogens is 322 g/mol. The van der Waals surface area contributed by atoms with Crippen molar-refractivity contribution >= 4 is 17.7 Å². The Kier molecular flexibility index (Phi) is 4.00. The van der Waals surface area contributed by atoms with Gasteiger partial charge >= 0.3 is 0 Å². The number of carbonyl (C=O) groups is 1. The summed E-state index contributed by atoms with van der Waals surface area (Å²) in [6.45, 7) is 0. The highest BCUT2D eigenvalue weighted by atomic mass is 32.2. The third-order valence-corrected chi connectivity index (χ3v) is 5.11. The van der Waals surface area contributed by atoms with Gasteiger partial charge in [-0.05, 0) is 46.7 Å². The number of tetrazole rings is 1. The highest BCUT2D eigenvalue weighted by molar-refractivity contribution is 7.99. The number of hydrogen-bond donors (Lipinski definition) is 1. The zero-order valence-electron chi connectivity index (χ0n) is 12.8. The maximum absolute atomic E-state index is 12.7. The van der Waals surface area contributed by atoms with Gasteiger partial charge in [-0.25, -0.2) is 4.68 Å². The molecular formula is C17H15N5OS. The first-order chi connectivity index (χ1) is 11.8. The Hall–Kier alpha value is -2.67. The van der Waals surface area contributed by atoms with Crippen LogP contribution in [0.5, 0.6) is 0 Å². The molecule has 7 heteroatoms. The Morgan fingerprint density at radius 3 is 3.00 bits per heavy atom. The molecule has 1 aliphatic heterocycles. The lowest BCUT2D eigenvalue weighted by Gasteiger charge is -2.26. The number of nitrogens with zero attached hydrogens (tertiary/aromatic N) is 4. The van der Waals surface area contributed by atoms with Crippen molar-refractivity contribution in [3.63, 3.8) is 0 Å². The molecule has 24 heavy (non-hydrogen) atoms. The molecule has 1 amide bonds. The SMILES string of the molecule is O=C(N[C@H]1CCSc2ccccc21)c1cccc(-n2cnnn2)c1. The summed E-state index contributed by atoms with van der Waals surface area (Å²) in [6.07, 6.45) is 2.44. The van der Waals surface area contributed by atoms with Crippen molar-refractivity contribution in [2.75, 3.05) is 5.75 Å². The second-order valence-corrected chi connectivity index (χ2v) is 6.64. The maximum Gasteiger partial charge on any atom is 0.251 e. The third-order valence-electron chi connectivity index (χ3n) is 3.99. The molecule has 0 spiro atoms. The number of thioether (sulfide) groups is 1. The Morgan fingerprint density at radius 2 is 2.12 bits per heavy atom. The summed E-state index contributed by atoms with van der Waals surface area (Å²) in [7, 11) is 0. The molecule has 0 fully saturated rings. The summed E-state index contributed by atoms with van der Waals surface area (Å²) in [5.41, 5.74) is 2.55. The predicted octanol–water partition coefficient (Wildman–Crippen LogP) is 2.63. The van der Waals surface area contributed by atoms with Gasteiger partial charge < -0.3 is 5.32 Å². The van der Waals surface area contributed by atoms with Crippen LogP contribution >= 0.6 is 11.8 Å². The van der Waals surface area contributed by atoms with Crippen LogP contribution in [-0.4, -0.2) is 31.9 Å². The number of carbonyl (C=O) groups excluding carboxylic acids is 1. The van der Waals surface area contributed by atoms with Crippen molar-refractivity contribution in [1.29, 1.82) is 0 Å². The van der Waals surface area contributed by atoms with Crippen LogP contribution in [0.1, 0.15) is 28.4 Å². The van der Waals surface area contributed by atoms with E-state index in [9.17, 15) is 4.79 Å². The average Bonchev–Trinajstić information content (AvgIpc) is 3.17. The lowest BCUT2D eigenvalue weighted by molar-refractivity contribution is 0.0935. The van der Waals surface area contributed by atoms with E-state index in [1.807, 2.05) is 36.0 Å². The molecule has 0 aliphatic carbocycles. The molecule has 0 unspecified atom stereocenters. The number of fused-ring (bicyclic) bond motifs is 1. The fraction of sp³-hybridized carbons (Fsp3) is 0.176. The Labute approximate surface area is 143 Å². The van der Waals surface area contributed by atoms with Crippen molar-refractivity contribution in [1.82, 2.24) is 25.5 Å². The Bertz CT molecular complexity index is 865. The van der Waals surface area contributed by atoms with Crippen LogP contribution in [0, 0.1) is 0 Å². The van der Waals surface area contributed by atoms with Crippen LogP contribution in [0.2, 0.25) is 0 Å². The van der Waals surface area contributed by atoms with E-state index < -0.39 is 0 Å². The predicted molar refractivity (Wildman–Crippen MR) is 91.1 cm³/mol. The van der Waals surface area contributed by atoms with E-state index in [1.165, 1.54) is 21.5 Å². The number of aromatic nitrogens is 4. The van der Waals surface area contributed by atoms with Gasteiger partial charge in [-0.15, -0.1) is 16.9 Å². The summed E-state index contributed by atoms with van der Waals surface area (Å²) < 4.78 is 1.53. The quantitative estimate of drug-likeness (QED) is 0.795. The van der Waals surface area contributed by atoms with Gasteiger partial charge in [0.15, 0.2) is 0 Å². The van der Waals surface area contributed by atoms with Gasteiger partial charge in [0.1, 0.15) is 6.33 Å². The topological polar surface area (TPSA) is 72.7 Å². The number of benzene rings is 2. The summed E-state index contributed by atoms with van der Waals surface area (Å²) in [5, 5.41) is 14.2. The van der Waals surface area contributed by atoms with Crippen LogP contribution in [-0.2, 0) is 0 Å². The number of nitrogens with one attached hydrogen (secondary N) is 1. The van der Waals surface area contributed by atoms with E-state index in [-0.39, 0.29) is 11.9 Å². The van der Waals surface area contributed by atoms with Gasteiger partial charge in [0.05, 0.1) is 11.7 Å². The van der Waals surface area contributed by atoms with E-state index in [4.69, 9.17) is 0 Å². The van der Waals surface area contributed by atoms with E-state index in [1.54, 1.807) is 12.1 Å². The molecule has 3 aromatic rings.